The third kappa shape index (κ3) is 2.19. The van der Waals surface area contributed by atoms with Crippen LogP contribution in [0.5, 0.6) is 0 Å². The second-order valence-corrected chi connectivity index (χ2v) is 6.01. The lowest BCUT2D eigenvalue weighted by Crippen LogP contribution is -1.96. The largest absolute Gasteiger partial charge is 0.221 e. The third-order valence-electron chi connectivity index (χ3n) is 3.12. The van der Waals surface area contributed by atoms with Crippen molar-refractivity contribution in [1.29, 1.82) is 5.26 Å². The van der Waals surface area contributed by atoms with Gasteiger partial charge in [0.15, 0.2) is 5.69 Å². The molecule has 0 bridgehead atoms. The standard InChI is InChI=1S/C15H14N4S/c1-10(2)14-12(9-16)19-15(17-14)20-13(18-19)8-11-6-4-3-5-7-11/h3-7,10H,8H2,1-2H3. The third-order valence-corrected chi connectivity index (χ3v) is 4.03. The number of benzene rings is 1. The molecule has 0 saturated heterocycles. The number of imidazole rings is 1. The highest BCUT2D eigenvalue weighted by atomic mass is 32.1. The maximum Gasteiger partial charge on any atom is 0.213 e. The maximum absolute atomic E-state index is 9.31. The Kier molecular flexibility index (Phi) is 3.25. The van der Waals surface area contributed by atoms with Crippen molar-refractivity contribution in [3.63, 3.8) is 0 Å². The molecule has 5 heteroatoms. The van der Waals surface area contributed by atoms with Crippen molar-refractivity contribution in [3.05, 3.63) is 52.3 Å². The predicted octanol–water partition coefficient (Wildman–Crippen LogP) is 3.38. The molecule has 2 heterocycles. The van der Waals surface area contributed by atoms with Crippen LogP contribution in [0, 0.1) is 11.3 Å². The van der Waals surface area contributed by atoms with Gasteiger partial charge in [0.2, 0.25) is 4.96 Å². The first kappa shape index (κ1) is 12.8. The van der Waals surface area contributed by atoms with Crippen LogP contribution in [0.1, 0.15) is 41.7 Å². The zero-order chi connectivity index (χ0) is 14.1. The maximum atomic E-state index is 9.31. The monoisotopic (exact) mass is 282 g/mol. The Morgan fingerprint density at radius 2 is 2.05 bits per heavy atom. The van der Waals surface area contributed by atoms with Gasteiger partial charge in [0, 0.05) is 6.42 Å². The van der Waals surface area contributed by atoms with Crippen LogP contribution < -0.4 is 0 Å². The van der Waals surface area contributed by atoms with E-state index in [4.69, 9.17) is 0 Å². The summed E-state index contributed by atoms with van der Waals surface area (Å²) in [7, 11) is 0. The van der Waals surface area contributed by atoms with Crippen molar-refractivity contribution in [3.8, 4) is 6.07 Å². The Balaban J connectivity index is 2.00. The Labute approximate surface area is 121 Å². The van der Waals surface area contributed by atoms with E-state index in [0.29, 0.717) is 5.69 Å². The van der Waals surface area contributed by atoms with E-state index in [0.717, 1.165) is 22.1 Å². The van der Waals surface area contributed by atoms with Crippen LogP contribution >= 0.6 is 11.3 Å². The molecule has 2 aromatic heterocycles. The SMILES string of the molecule is CC(C)c1nc2sc(Cc3ccccc3)nn2c1C#N. The van der Waals surface area contributed by atoms with Gasteiger partial charge in [-0.05, 0) is 11.5 Å². The van der Waals surface area contributed by atoms with E-state index in [2.05, 4.69) is 28.3 Å². The number of aromatic nitrogens is 3. The molecule has 3 aromatic rings. The van der Waals surface area contributed by atoms with E-state index in [1.807, 2.05) is 32.0 Å². The summed E-state index contributed by atoms with van der Waals surface area (Å²) in [4.78, 5) is 5.34. The first-order chi connectivity index (χ1) is 9.69. The number of rotatable bonds is 3. The minimum atomic E-state index is 0.233. The van der Waals surface area contributed by atoms with Crippen LogP contribution in [0.4, 0.5) is 0 Å². The number of fused-ring (bicyclic) bond motifs is 1. The van der Waals surface area contributed by atoms with Gasteiger partial charge in [0.25, 0.3) is 0 Å². The first-order valence-corrected chi connectivity index (χ1v) is 7.33. The Bertz CT molecular complexity index is 777. The van der Waals surface area contributed by atoms with Gasteiger partial charge in [0.1, 0.15) is 11.1 Å². The number of nitriles is 1. The van der Waals surface area contributed by atoms with E-state index in [-0.39, 0.29) is 5.92 Å². The zero-order valence-corrected chi connectivity index (χ0v) is 12.2. The topological polar surface area (TPSA) is 54.0 Å². The average molecular weight is 282 g/mol. The highest BCUT2D eigenvalue weighted by Gasteiger charge is 2.18. The van der Waals surface area contributed by atoms with Crippen LogP contribution in [0.2, 0.25) is 0 Å². The minimum Gasteiger partial charge on any atom is -0.221 e. The normalized spacial score (nSPS) is 11.1. The molecule has 4 nitrogen and oxygen atoms in total. The van der Waals surface area contributed by atoms with Crippen LogP contribution in [0.3, 0.4) is 0 Å². The van der Waals surface area contributed by atoms with Gasteiger partial charge in [-0.25, -0.2) is 4.98 Å². The fourth-order valence-electron chi connectivity index (χ4n) is 2.15. The molecule has 0 unspecified atom stereocenters. The molecule has 0 aliphatic heterocycles. The molecule has 0 amide bonds. The molecule has 1 aromatic carbocycles. The Hall–Kier alpha value is -2.19. The van der Waals surface area contributed by atoms with Crippen molar-refractivity contribution in [2.45, 2.75) is 26.2 Å². The second-order valence-electron chi connectivity index (χ2n) is 4.96. The quantitative estimate of drug-likeness (QED) is 0.740. The van der Waals surface area contributed by atoms with Crippen LogP contribution in [-0.4, -0.2) is 14.6 Å². The molecule has 0 radical (unpaired) electrons. The van der Waals surface area contributed by atoms with Gasteiger partial charge >= 0.3 is 0 Å². The summed E-state index contributed by atoms with van der Waals surface area (Å²) in [6.45, 7) is 4.08. The minimum absolute atomic E-state index is 0.233. The van der Waals surface area contributed by atoms with E-state index >= 15 is 0 Å². The molecule has 0 aliphatic carbocycles. The van der Waals surface area contributed by atoms with Crippen molar-refractivity contribution in [2.24, 2.45) is 0 Å². The first-order valence-electron chi connectivity index (χ1n) is 6.51. The van der Waals surface area contributed by atoms with Crippen molar-refractivity contribution in [1.82, 2.24) is 14.6 Å². The van der Waals surface area contributed by atoms with Crippen molar-refractivity contribution in [2.75, 3.05) is 0 Å². The van der Waals surface area contributed by atoms with Gasteiger partial charge in [-0.1, -0.05) is 55.5 Å². The summed E-state index contributed by atoms with van der Waals surface area (Å²) >= 11 is 1.55. The molecule has 0 spiro atoms. The summed E-state index contributed by atoms with van der Waals surface area (Å²) < 4.78 is 1.68. The summed E-state index contributed by atoms with van der Waals surface area (Å²) in [6.07, 6.45) is 0.775. The summed E-state index contributed by atoms with van der Waals surface area (Å²) in [5.41, 5.74) is 2.61. The van der Waals surface area contributed by atoms with Gasteiger partial charge in [-0.2, -0.15) is 14.9 Å². The summed E-state index contributed by atoms with van der Waals surface area (Å²) in [5.74, 6) is 0.233. The number of hydrogen-bond donors (Lipinski definition) is 0. The van der Waals surface area contributed by atoms with E-state index in [1.165, 1.54) is 5.56 Å². The highest BCUT2D eigenvalue weighted by molar-refractivity contribution is 7.16. The molecule has 0 atom stereocenters. The summed E-state index contributed by atoms with van der Waals surface area (Å²) in [5, 5.41) is 14.8. The van der Waals surface area contributed by atoms with Crippen LogP contribution in [0.15, 0.2) is 30.3 Å². The fraction of sp³-hybridized carbons (Fsp3) is 0.267. The van der Waals surface area contributed by atoms with Gasteiger partial charge < -0.3 is 0 Å². The van der Waals surface area contributed by atoms with E-state index in [1.54, 1.807) is 15.9 Å². The lowest BCUT2D eigenvalue weighted by Gasteiger charge is -1.99. The molecule has 0 aliphatic rings. The van der Waals surface area contributed by atoms with Gasteiger partial charge in [-0.15, -0.1) is 0 Å². The molecule has 20 heavy (non-hydrogen) atoms. The smallest absolute Gasteiger partial charge is 0.213 e. The molecule has 0 fully saturated rings. The molecule has 3 rings (SSSR count). The molecule has 100 valence electrons. The van der Waals surface area contributed by atoms with Gasteiger partial charge in [-0.3, -0.25) is 0 Å². The van der Waals surface area contributed by atoms with Crippen LogP contribution in [0.25, 0.3) is 4.96 Å². The van der Waals surface area contributed by atoms with Gasteiger partial charge in [0.05, 0.1) is 5.69 Å². The molecular formula is C15H14N4S. The lowest BCUT2D eigenvalue weighted by atomic mass is 10.1. The lowest BCUT2D eigenvalue weighted by molar-refractivity contribution is 0.819. The second kappa shape index (κ2) is 5.06. The Morgan fingerprint density at radius 3 is 2.70 bits per heavy atom. The number of nitrogens with zero attached hydrogens (tertiary/aromatic N) is 4. The average Bonchev–Trinajstić information content (AvgIpc) is 2.96. The van der Waals surface area contributed by atoms with Crippen LogP contribution in [-0.2, 0) is 6.42 Å². The zero-order valence-electron chi connectivity index (χ0n) is 11.4. The predicted molar refractivity (Wildman–Crippen MR) is 78.9 cm³/mol. The van der Waals surface area contributed by atoms with E-state index in [9.17, 15) is 5.26 Å². The summed E-state index contributed by atoms with van der Waals surface area (Å²) in [6, 6.07) is 12.4. The van der Waals surface area contributed by atoms with Crippen molar-refractivity contribution >= 4 is 16.3 Å². The molecule has 0 saturated carbocycles. The fourth-order valence-corrected chi connectivity index (χ4v) is 3.09. The highest BCUT2D eigenvalue weighted by Crippen LogP contribution is 2.24. The van der Waals surface area contributed by atoms with E-state index < -0.39 is 0 Å². The Morgan fingerprint density at radius 1 is 1.30 bits per heavy atom. The van der Waals surface area contributed by atoms with Crippen molar-refractivity contribution < 1.29 is 0 Å². The molecule has 0 N–H and O–H groups in total. The number of hydrogen-bond acceptors (Lipinski definition) is 4. The molecular weight excluding hydrogens is 268 g/mol.